The Morgan fingerprint density at radius 1 is 1.19 bits per heavy atom. The molecular formula is C16H17N3O2. The minimum absolute atomic E-state index is 0.0615. The molecule has 0 atom stereocenters. The number of nitrogens with two attached hydrogens (primary N) is 1. The number of imidazole rings is 1. The molecule has 0 aliphatic carbocycles. The molecule has 5 nitrogen and oxygen atoms in total. The third-order valence-electron chi connectivity index (χ3n) is 3.48. The molecule has 1 heterocycles. The molecule has 0 saturated carbocycles. The summed E-state index contributed by atoms with van der Waals surface area (Å²) in [5, 5.41) is 10.2. The van der Waals surface area contributed by atoms with Crippen LogP contribution in [0.2, 0.25) is 0 Å². The van der Waals surface area contributed by atoms with Crippen molar-refractivity contribution in [2.45, 2.75) is 6.54 Å². The van der Waals surface area contributed by atoms with Crippen molar-refractivity contribution in [3.63, 3.8) is 0 Å². The van der Waals surface area contributed by atoms with Crippen molar-refractivity contribution in [1.29, 1.82) is 0 Å². The van der Waals surface area contributed by atoms with Gasteiger partial charge in [-0.1, -0.05) is 18.2 Å². The van der Waals surface area contributed by atoms with Gasteiger partial charge in [0.15, 0.2) is 0 Å². The summed E-state index contributed by atoms with van der Waals surface area (Å²) >= 11 is 0. The fourth-order valence-electron chi connectivity index (χ4n) is 2.43. The Morgan fingerprint density at radius 2 is 2.00 bits per heavy atom. The highest BCUT2D eigenvalue weighted by atomic mass is 16.5. The number of aromatic hydroxyl groups is 1. The number of methoxy groups -OCH3 is 1. The smallest absolute Gasteiger partial charge is 0.149 e. The van der Waals surface area contributed by atoms with Gasteiger partial charge >= 0.3 is 0 Å². The summed E-state index contributed by atoms with van der Waals surface area (Å²) in [6.45, 7) is 1.22. The quantitative estimate of drug-likeness (QED) is 0.570. The number of rotatable bonds is 4. The molecule has 5 heteroatoms. The predicted molar refractivity (Wildman–Crippen MR) is 83.1 cm³/mol. The third-order valence-corrected chi connectivity index (χ3v) is 3.48. The molecule has 0 radical (unpaired) electrons. The highest BCUT2D eigenvalue weighted by Gasteiger charge is 2.16. The van der Waals surface area contributed by atoms with Crippen LogP contribution in [0.25, 0.3) is 22.4 Å². The molecule has 21 heavy (non-hydrogen) atoms. The van der Waals surface area contributed by atoms with Crippen molar-refractivity contribution in [3.8, 4) is 17.1 Å². The number of aromatic nitrogens is 2. The fourth-order valence-corrected chi connectivity index (χ4v) is 2.43. The average molecular weight is 283 g/mol. The number of benzene rings is 2. The molecule has 108 valence electrons. The third kappa shape index (κ3) is 2.32. The fraction of sp³-hybridized carbons (Fsp3) is 0.188. The van der Waals surface area contributed by atoms with Crippen LogP contribution >= 0.6 is 0 Å². The van der Waals surface area contributed by atoms with Gasteiger partial charge < -0.3 is 20.1 Å². The van der Waals surface area contributed by atoms with E-state index in [1.165, 1.54) is 0 Å². The number of phenolic OH excluding ortho intramolecular Hbond substituents is 1. The topological polar surface area (TPSA) is 73.3 Å². The predicted octanol–water partition coefficient (Wildman–Crippen LogP) is 2.64. The molecule has 0 fully saturated rings. The summed E-state index contributed by atoms with van der Waals surface area (Å²) in [7, 11) is 1.66. The zero-order valence-electron chi connectivity index (χ0n) is 11.8. The van der Waals surface area contributed by atoms with Crippen LogP contribution < -0.4 is 5.73 Å². The maximum absolute atomic E-state index is 10.2. The average Bonchev–Trinajstić information content (AvgIpc) is 2.86. The molecular weight excluding hydrogens is 266 g/mol. The molecule has 0 bridgehead atoms. The van der Waals surface area contributed by atoms with Crippen LogP contribution in [0.4, 0.5) is 5.69 Å². The van der Waals surface area contributed by atoms with Gasteiger partial charge in [-0.05, 0) is 24.3 Å². The molecule has 0 unspecified atom stereocenters. The first-order valence-corrected chi connectivity index (χ1v) is 6.74. The van der Waals surface area contributed by atoms with Gasteiger partial charge in [0, 0.05) is 13.7 Å². The van der Waals surface area contributed by atoms with Gasteiger partial charge in [0.05, 0.1) is 28.9 Å². The molecule has 3 N–H and O–H groups in total. The first-order chi connectivity index (χ1) is 10.2. The lowest BCUT2D eigenvalue weighted by molar-refractivity contribution is 0.188. The van der Waals surface area contributed by atoms with Crippen LogP contribution in [0, 0.1) is 0 Å². The number of ether oxygens (including phenoxy) is 1. The monoisotopic (exact) mass is 283 g/mol. The number of para-hydroxylation sites is 3. The first-order valence-electron chi connectivity index (χ1n) is 6.74. The van der Waals surface area contributed by atoms with E-state index >= 15 is 0 Å². The Balaban J connectivity index is 2.23. The van der Waals surface area contributed by atoms with Crippen LogP contribution in [0.15, 0.2) is 42.5 Å². The van der Waals surface area contributed by atoms with Crippen molar-refractivity contribution in [2.75, 3.05) is 19.5 Å². The molecule has 0 spiro atoms. The Hall–Kier alpha value is -2.53. The Kier molecular flexibility index (Phi) is 3.50. The first kappa shape index (κ1) is 13.5. The van der Waals surface area contributed by atoms with Crippen LogP contribution in [0.1, 0.15) is 0 Å². The molecule has 3 rings (SSSR count). The van der Waals surface area contributed by atoms with E-state index in [9.17, 15) is 5.11 Å². The van der Waals surface area contributed by atoms with E-state index in [1.54, 1.807) is 13.2 Å². The van der Waals surface area contributed by atoms with Gasteiger partial charge in [0.25, 0.3) is 0 Å². The van der Waals surface area contributed by atoms with Gasteiger partial charge in [0.2, 0.25) is 0 Å². The highest BCUT2D eigenvalue weighted by molar-refractivity contribution is 5.83. The van der Waals surface area contributed by atoms with Crippen molar-refractivity contribution < 1.29 is 9.84 Å². The highest BCUT2D eigenvalue weighted by Crippen LogP contribution is 2.34. The largest absolute Gasteiger partial charge is 0.505 e. The minimum Gasteiger partial charge on any atom is -0.505 e. The molecule has 2 aromatic carbocycles. The zero-order valence-corrected chi connectivity index (χ0v) is 11.8. The van der Waals surface area contributed by atoms with E-state index in [4.69, 9.17) is 10.5 Å². The van der Waals surface area contributed by atoms with Crippen molar-refractivity contribution in [1.82, 2.24) is 9.55 Å². The summed E-state index contributed by atoms with van der Waals surface area (Å²) in [6.07, 6.45) is 0. The van der Waals surface area contributed by atoms with Gasteiger partial charge in [-0.15, -0.1) is 0 Å². The second-order valence-electron chi connectivity index (χ2n) is 4.81. The standard InChI is InChI=1S/C16H17N3O2/c1-21-10-9-19-14-8-3-2-7-13(14)18-16(19)11-5-4-6-12(17)15(11)20/h2-8,20H,9-10,17H2,1H3. The maximum Gasteiger partial charge on any atom is 0.149 e. The lowest BCUT2D eigenvalue weighted by Crippen LogP contribution is -2.06. The van der Waals surface area contributed by atoms with E-state index < -0.39 is 0 Å². The van der Waals surface area contributed by atoms with E-state index in [0.29, 0.717) is 30.2 Å². The summed E-state index contributed by atoms with van der Waals surface area (Å²) in [4.78, 5) is 4.63. The number of hydrogen-bond donors (Lipinski definition) is 2. The van der Waals surface area contributed by atoms with E-state index in [2.05, 4.69) is 4.98 Å². The molecule has 0 aliphatic heterocycles. The van der Waals surface area contributed by atoms with Crippen molar-refractivity contribution >= 4 is 16.7 Å². The number of nitrogen functional groups attached to an aromatic ring is 1. The number of anilines is 1. The van der Waals surface area contributed by atoms with Crippen molar-refractivity contribution in [2.24, 2.45) is 0 Å². The molecule has 1 aromatic heterocycles. The lowest BCUT2D eigenvalue weighted by atomic mass is 10.1. The summed E-state index contributed by atoms with van der Waals surface area (Å²) in [5.74, 6) is 0.754. The molecule has 0 saturated heterocycles. The normalized spacial score (nSPS) is 11.1. The van der Waals surface area contributed by atoms with E-state index in [-0.39, 0.29) is 5.75 Å². The Bertz CT molecular complexity index is 780. The van der Waals surface area contributed by atoms with Crippen molar-refractivity contribution in [3.05, 3.63) is 42.5 Å². The van der Waals surface area contributed by atoms with Crippen LogP contribution in [-0.2, 0) is 11.3 Å². The van der Waals surface area contributed by atoms with Gasteiger partial charge in [-0.3, -0.25) is 0 Å². The number of hydrogen-bond acceptors (Lipinski definition) is 4. The lowest BCUT2D eigenvalue weighted by Gasteiger charge is -2.10. The summed E-state index contributed by atoms with van der Waals surface area (Å²) < 4.78 is 7.21. The van der Waals surface area contributed by atoms with E-state index in [1.807, 2.05) is 41.0 Å². The van der Waals surface area contributed by atoms with Crippen LogP contribution in [0.5, 0.6) is 5.75 Å². The summed E-state index contributed by atoms with van der Waals surface area (Å²) in [5.41, 5.74) is 8.65. The Labute approximate surface area is 122 Å². The van der Waals surface area contributed by atoms with Gasteiger partial charge in [-0.2, -0.15) is 0 Å². The Morgan fingerprint density at radius 3 is 2.81 bits per heavy atom. The maximum atomic E-state index is 10.2. The number of fused-ring (bicyclic) bond motifs is 1. The SMILES string of the molecule is COCCn1c(-c2cccc(N)c2O)nc2ccccc21. The minimum atomic E-state index is 0.0615. The number of phenols is 1. The summed E-state index contributed by atoms with van der Waals surface area (Å²) in [6, 6.07) is 13.2. The second kappa shape index (κ2) is 5.46. The van der Waals surface area contributed by atoms with Crippen LogP contribution in [-0.4, -0.2) is 28.4 Å². The second-order valence-corrected chi connectivity index (χ2v) is 4.81. The zero-order chi connectivity index (χ0) is 14.8. The molecule has 0 aliphatic rings. The van der Waals surface area contributed by atoms with Gasteiger partial charge in [-0.25, -0.2) is 4.98 Å². The van der Waals surface area contributed by atoms with Gasteiger partial charge in [0.1, 0.15) is 11.6 Å². The van der Waals surface area contributed by atoms with Crippen LogP contribution in [0.3, 0.4) is 0 Å². The molecule has 3 aromatic rings. The number of nitrogens with zero attached hydrogens (tertiary/aromatic N) is 2. The van der Waals surface area contributed by atoms with E-state index in [0.717, 1.165) is 11.0 Å². The molecule has 0 amide bonds.